The Hall–Kier alpha value is -4.77. The average Bonchev–Trinajstić information content (AvgIpc) is 3.84. The van der Waals surface area contributed by atoms with Crippen LogP contribution in [0.15, 0.2) is 47.4 Å². The standard InChI is InChI=1S/C32H32F4N6O4/c1-18(2)12-38-13-20-8-25(31(45)42(14-20)22-4-5-22)29(43)40-27-9-21(10-28(39-27)46-15-26(33)34)23-6-3-19(11-37)7-24(23)30(44)41-16-32(35,36)17-41/h3,6-10,14,18,22,26,38H,4-5,12-13,15-17H2,1-2H3,(H,39,40,43). The van der Waals surface area contributed by atoms with Crippen molar-refractivity contribution in [1.29, 1.82) is 5.26 Å². The second-order valence-electron chi connectivity index (χ2n) is 11.9. The molecule has 0 atom stereocenters. The smallest absolute Gasteiger partial charge is 0.282 e. The van der Waals surface area contributed by atoms with E-state index in [9.17, 15) is 37.2 Å². The van der Waals surface area contributed by atoms with Gasteiger partial charge >= 0.3 is 0 Å². The van der Waals surface area contributed by atoms with Crippen molar-refractivity contribution in [3.05, 3.63) is 75.2 Å². The van der Waals surface area contributed by atoms with Crippen molar-refractivity contribution in [1.82, 2.24) is 19.8 Å². The van der Waals surface area contributed by atoms with Gasteiger partial charge < -0.3 is 24.8 Å². The zero-order valence-corrected chi connectivity index (χ0v) is 25.2. The number of carbonyl (C=O) groups excluding carboxylic acids is 2. The molecule has 0 radical (unpaired) electrons. The fraction of sp³-hybridized carbons (Fsp3) is 0.406. The number of ether oxygens (including phenoxy) is 1. The number of anilines is 1. The molecular weight excluding hydrogens is 608 g/mol. The fourth-order valence-electron chi connectivity index (χ4n) is 5.05. The van der Waals surface area contributed by atoms with Gasteiger partial charge in [0, 0.05) is 30.4 Å². The topological polar surface area (TPSA) is 129 Å². The Morgan fingerprint density at radius 1 is 1.13 bits per heavy atom. The molecule has 2 aromatic heterocycles. The van der Waals surface area contributed by atoms with Crippen molar-refractivity contribution in [3.8, 4) is 23.1 Å². The SMILES string of the molecule is CC(C)CNCc1cc(C(=O)Nc2cc(-c3ccc(C#N)cc3C(=O)N3CC(F)(F)C3)cc(OCC(F)F)n2)c(=O)n(C2CC2)c1. The number of halogens is 4. The first-order chi connectivity index (χ1) is 21.8. The summed E-state index contributed by atoms with van der Waals surface area (Å²) in [6.07, 6.45) is 0.492. The van der Waals surface area contributed by atoms with Crippen molar-refractivity contribution in [3.63, 3.8) is 0 Å². The van der Waals surface area contributed by atoms with Gasteiger partial charge in [-0.2, -0.15) is 10.2 Å². The minimum atomic E-state index is -3.03. The molecule has 5 rings (SSSR count). The maximum Gasteiger partial charge on any atom is 0.282 e. The number of nitrogens with zero attached hydrogens (tertiary/aromatic N) is 4. The summed E-state index contributed by atoms with van der Waals surface area (Å²) >= 11 is 0. The number of hydrogen-bond acceptors (Lipinski definition) is 7. The highest BCUT2D eigenvalue weighted by molar-refractivity contribution is 6.05. The Morgan fingerprint density at radius 3 is 2.50 bits per heavy atom. The number of hydrogen-bond donors (Lipinski definition) is 2. The Bertz CT molecular complexity index is 1740. The van der Waals surface area contributed by atoms with Gasteiger partial charge in [-0.25, -0.2) is 17.6 Å². The molecule has 2 N–H and O–H groups in total. The first kappa shape index (κ1) is 32.6. The lowest BCUT2D eigenvalue weighted by Crippen LogP contribution is -2.58. The van der Waals surface area contributed by atoms with E-state index in [-0.39, 0.29) is 45.6 Å². The summed E-state index contributed by atoms with van der Waals surface area (Å²) < 4.78 is 59.9. The van der Waals surface area contributed by atoms with E-state index in [1.165, 1.54) is 41.0 Å². The average molecular weight is 641 g/mol. The van der Waals surface area contributed by atoms with E-state index in [1.54, 1.807) is 6.20 Å². The van der Waals surface area contributed by atoms with Crippen LogP contribution < -0.4 is 20.9 Å². The number of carbonyl (C=O) groups is 2. The van der Waals surface area contributed by atoms with Gasteiger partial charge in [0.15, 0.2) is 6.61 Å². The summed E-state index contributed by atoms with van der Waals surface area (Å²) in [4.78, 5) is 45.1. The highest BCUT2D eigenvalue weighted by Gasteiger charge is 2.46. The van der Waals surface area contributed by atoms with Crippen LogP contribution in [0.25, 0.3) is 11.1 Å². The number of likely N-dealkylation sites (tertiary alicyclic amines) is 1. The highest BCUT2D eigenvalue weighted by Crippen LogP contribution is 2.35. The molecule has 1 saturated carbocycles. The normalized spacial score (nSPS) is 15.4. The number of aromatic nitrogens is 2. The summed E-state index contributed by atoms with van der Waals surface area (Å²) in [5, 5.41) is 15.3. The van der Waals surface area contributed by atoms with Crippen LogP contribution in [-0.4, -0.2) is 64.9 Å². The number of alkyl halides is 4. The molecular formula is C32H32F4N6O4. The van der Waals surface area contributed by atoms with Gasteiger partial charge in [-0.15, -0.1) is 0 Å². The Labute approximate surface area is 262 Å². The quantitative estimate of drug-likeness (QED) is 0.271. The van der Waals surface area contributed by atoms with Gasteiger partial charge in [0.2, 0.25) is 5.88 Å². The molecule has 2 fully saturated rings. The van der Waals surface area contributed by atoms with E-state index in [2.05, 4.69) is 29.5 Å². The van der Waals surface area contributed by atoms with Crippen LogP contribution in [0.4, 0.5) is 23.4 Å². The van der Waals surface area contributed by atoms with E-state index in [4.69, 9.17) is 4.74 Å². The lowest BCUT2D eigenvalue weighted by Gasteiger charge is -2.39. The molecule has 242 valence electrons. The molecule has 1 aliphatic carbocycles. The molecule has 46 heavy (non-hydrogen) atoms. The fourth-order valence-corrected chi connectivity index (χ4v) is 5.05. The lowest BCUT2D eigenvalue weighted by molar-refractivity contribution is -0.113. The van der Waals surface area contributed by atoms with Crippen LogP contribution in [-0.2, 0) is 6.54 Å². The molecule has 1 aliphatic heterocycles. The van der Waals surface area contributed by atoms with Gasteiger partial charge in [-0.1, -0.05) is 19.9 Å². The Balaban J connectivity index is 1.51. The molecule has 14 heteroatoms. The van der Waals surface area contributed by atoms with E-state index >= 15 is 0 Å². The maximum atomic E-state index is 13.6. The van der Waals surface area contributed by atoms with E-state index < -0.39 is 49.4 Å². The van der Waals surface area contributed by atoms with Crippen LogP contribution in [0.3, 0.4) is 0 Å². The van der Waals surface area contributed by atoms with Crippen LogP contribution in [0.1, 0.15) is 64.6 Å². The number of pyridine rings is 2. The minimum Gasteiger partial charge on any atom is -0.472 e. The number of rotatable bonds is 12. The third-order valence-electron chi connectivity index (χ3n) is 7.39. The lowest BCUT2D eigenvalue weighted by atomic mass is 9.96. The van der Waals surface area contributed by atoms with Crippen LogP contribution in [0, 0.1) is 17.2 Å². The molecule has 2 aliphatic rings. The molecule has 0 unspecified atom stereocenters. The maximum absolute atomic E-state index is 13.6. The summed E-state index contributed by atoms with van der Waals surface area (Å²) in [7, 11) is 0. The number of benzene rings is 1. The molecule has 0 spiro atoms. The van der Waals surface area contributed by atoms with Gasteiger partial charge in [0.1, 0.15) is 11.4 Å². The van der Waals surface area contributed by atoms with Crippen molar-refractivity contribution in [2.75, 3.05) is 31.6 Å². The molecule has 1 saturated heterocycles. The molecule has 0 bridgehead atoms. The molecule has 3 aromatic rings. The van der Waals surface area contributed by atoms with Gasteiger partial charge in [-0.3, -0.25) is 14.4 Å². The minimum absolute atomic E-state index is 0.0152. The zero-order chi connectivity index (χ0) is 33.2. The summed E-state index contributed by atoms with van der Waals surface area (Å²) in [6, 6.07) is 10.0. The van der Waals surface area contributed by atoms with Crippen LogP contribution in [0.2, 0.25) is 0 Å². The van der Waals surface area contributed by atoms with Gasteiger partial charge in [-0.05, 0) is 66.3 Å². The second-order valence-corrected chi connectivity index (χ2v) is 11.9. The first-order valence-electron chi connectivity index (χ1n) is 14.8. The van der Waals surface area contributed by atoms with Crippen molar-refractivity contribution < 1.29 is 31.9 Å². The van der Waals surface area contributed by atoms with E-state index in [0.717, 1.165) is 29.8 Å². The van der Waals surface area contributed by atoms with E-state index in [0.29, 0.717) is 12.5 Å². The van der Waals surface area contributed by atoms with Crippen LogP contribution >= 0.6 is 0 Å². The first-order valence-corrected chi connectivity index (χ1v) is 14.8. The van der Waals surface area contributed by atoms with Crippen molar-refractivity contribution in [2.24, 2.45) is 5.92 Å². The molecule has 1 aromatic carbocycles. The van der Waals surface area contributed by atoms with Crippen molar-refractivity contribution in [2.45, 2.75) is 51.6 Å². The monoisotopic (exact) mass is 640 g/mol. The molecule has 3 heterocycles. The summed E-state index contributed by atoms with van der Waals surface area (Å²) in [5.41, 5.74) is 0.398. The zero-order valence-electron chi connectivity index (χ0n) is 25.2. The number of amides is 2. The van der Waals surface area contributed by atoms with Gasteiger partial charge in [0.25, 0.3) is 29.7 Å². The summed E-state index contributed by atoms with van der Waals surface area (Å²) in [6.45, 7) is 2.63. The number of nitrogens with one attached hydrogen (secondary N) is 2. The molecule has 2 amide bonds. The predicted molar refractivity (Wildman–Crippen MR) is 160 cm³/mol. The Morgan fingerprint density at radius 2 is 1.87 bits per heavy atom. The largest absolute Gasteiger partial charge is 0.472 e. The third kappa shape index (κ3) is 7.71. The van der Waals surface area contributed by atoms with E-state index in [1.807, 2.05) is 6.07 Å². The highest BCUT2D eigenvalue weighted by atomic mass is 19.3. The van der Waals surface area contributed by atoms with Crippen LogP contribution in [0.5, 0.6) is 5.88 Å². The van der Waals surface area contributed by atoms with Crippen molar-refractivity contribution >= 4 is 17.6 Å². The number of nitriles is 1. The second kappa shape index (κ2) is 13.3. The molecule has 10 nitrogen and oxygen atoms in total. The predicted octanol–water partition coefficient (Wildman–Crippen LogP) is 4.85. The van der Waals surface area contributed by atoms with Gasteiger partial charge in [0.05, 0.1) is 24.7 Å². The summed E-state index contributed by atoms with van der Waals surface area (Å²) in [5.74, 6) is -4.71. The Kier molecular flexibility index (Phi) is 9.43. The third-order valence-corrected chi connectivity index (χ3v) is 7.39.